The van der Waals surface area contributed by atoms with Gasteiger partial charge in [-0.1, -0.05) is 50.1 Å². The molecular weight excluding hydrogens is 310 g/mol. The fraction of sp³-hybridized carbons (Fsp3) is 0.409. The van der Waals surface area contributed by atoms with Crippen LogP contribution in [0.2, 0.25) is 0 Å². The van der Waals surface area contributed by atoms with E-state index in [1.54, 1.807) is 0 Å². The van der Waals surface area contributed by atoms with Gasteiger partial charge in [0, 0.05) is 5.69 Å². The van der Waals surface area contributed by atoms with Crippen molar-refractivity contribution in [1.29, 1.82) is 0 Å². The van der Waals surface area contributed by atoms with Crippen LogP contribution in [-0.4, -0.2) is 12.0 Å². The van der Waals surface area contributed by atoms with Crippen molar-refractivity contribution in [2.75, 3.05) is 5.32 Å². The highest BCUT2D eigenvalue weighted by molar-refractivity contribution is 5.99. The molecule has 3 rings (SSSR count). The van der Waals surface area contributed by atoms with E-state index in [2.05, 4.69) is 31.3 Å². The first-order valence-electron chi connectivity index (χ1n) is 9.28. The Labute approximate surface area is 150 Å². The van der Waals surface area contributed by atoms with Crippen LogP contribution in [0, 0.1) is 0 Å². The van der Waals surface area contributed by atoms with Gasteiger partial charge in [0.1, 0.15) is 5.75 Å². The minimum atomic E-state index is -0.396. The van der Waals surface area contributed by atoms with Crippen LogP contribution in [0.3, 0.4) is 0 Å². The van der Waals surface area contributed by atoms with Crippen molar-refractivity contribution in [2.45, 2.75) is 57.5 Å². The molecule has 0 radical (unpaired) electrons. The molecule has 1 aliphatic carbocycles. The number of anilines is 1. The summed E-state index contributed by atoms with van der Waals surface area (Å²) in [7, 11) is 0. The van der Waals surface area contributed by atoms with Gasteiger partial charge in [-0.15, -0.1) is 0 Å². The van der Waals surface area contributed by atoms with Crippen LogP contribution in [0.25, 0.3) is 0 Å². The molecule has 2 aromatic carbocycles. The van der Waals surface area contributed by atoms with E-state index in [0.717, 1.165) is 49.1 Å². The smallest absolute Gasteiger partial charge is 0.235 e. The summed E-state index contributed by atoms with van der Waals surface area (Å²) in [5, 5.41) is 3.12. The highest BCUT2D eigenvalue weighted by atomic mass is 16.5. The van der Waals surface area contributed by atoms with Crippen molar-refractivity contribution in [3.63, 3.8) is 0 Å². The Hall–Kier alpha value is -2.29. The third-order valence-electron chi connectivity index (χ3n) is 5.24. The molecule has 0 aliphatic heterocycles. The summed E-state index contributed by atoms with van der Waals surface area (Å²) in [5.74, 6) is 0.942. The summed E-state index contributed by atoms with van der Waals surface area (Å²) >= 11 is 0. The normalized spacial score (nSPS) is 17.0. The molecule has 0 aromatic heterocycles. The Balaban J connectivity index is 1.74. The standard InChI is InChI=1S/C22H27NO2/c1-3-17(2)25-20-13-11-19(12-14-20)23-21(24)22(15-7-8-16-22)18-9-5-4-6-10-18/h4-6,9-14,17H,3,7-8,15-16H2,1-2H3,(H,23,24). The summed E-state index contributed by atoms with van der Waals surface area (Å²) < 4.78 is 5.80. The van der Waals surface area contributed by atoms with E-state index >= 15 is 0 Å². The van der Waals surface area contributed by atoms with Gasteiger partial charge in [0.05, 0.1) is 11.5 Å². The van der Waals surface area contributed by atoms with Gasteiger partial charge in [0.2, 0.25) is 5.91 Å². The van der Waals surface area contributed by atoms with Crippen molar-refractivity contribution in [1.82, 2.24) is 0 Å². The Morgan fingerprint density at radius 2 is 1.72 bits per heavy atom. The van der Waals surface area contributed by atoms with E-state index < -0.39 is 5.41 Å². The van der Waals surface area contributed by atoms with Gasteiger partial charge in [0.25, 0.3) is 0 Å². The van der Waals surface area contributed by atoms with Crippen LogP contribution in [-0.2, 0) is 10.2 Å². The molecule has 0 heterocycles. The topological polar surface area (TPSA) is 38.3 Å². The lowest BCUT2D eigenvalue weighted by Gasteiger charge is -2.28. The molecule has 0 saturated heterocycles. The van der Waals surface area contributed by atoms with Gasteiger partial charge in [0.15, 0.2) is 0 Å². The third kappa shape index (κ3) is 3.87. The van der Waals surface area contributed by atoms with E-state index in [1.807, 2.05) is 42.5 Å². The Bertz CT molecular complexity index is 688. The number of carbonyl (C=O) groups excluding carboxylic acids is 1. The molecule has 25 heavy (non-hydrogen) atoms. The Morgan fingerprint density at radius 1 is 1.08 bits per heavy atom. The first-order chi connectivity index (χ1) is 12.1. The molecule has 2 aromatic rings. The average Bonchev–Trinajstić information content (AvgIpc) is 3.15. The predicted octanol–water partition coefficient (Wildman–Crippen LogP) is 5.31. The molecule has 1 aliphatic rings. The van der Waals surface area contributed by atoms with Crippen molar-refractivity contribution < 1.29 is 9.53 Å². The van der Waals surface area contributed by atoms with E-state index in [-0.39, 0.29) is 12.0 Å². The van der Waals surface area contributed by atoms with E-state index in [1.165, 1.54) is 0 Å². The molecule has 1 amide bonds. The number of rotatable bonds is 6. The molecule has 1 saturated carbocycles. The number of ether oxygens (including phenoxy) is 1. The second kappa shape index (κ2) is 7.73. The predicted molar refractivity (Wildman–Crippen MR) is 102 cm³/mol. The molecule has 3 heteroatoms. The second-order valence-corrected chi connectivity index (χ2v) is 6.97. The van der Waals surface area contributed by atoms with Crippen LogP contribution in [0.1, 0.15) is 51.5 Å². The maximum Gasteiger partial charge on any atom is 0.235 e. The van der Waals surface area contributed by atoms with Gasteiger partial charge in [-0.05, 0) is 56.0 Å². The molecule has 3 nitrogen and oxygen atoms in total. The van der Waals surface area contributed by atoms with Gasteiger partial charge in [-0.2, -0.15) is 0 Å². The zero-order chi connectivity index (χ0) is 17.7. The maximum absolute atomic E-state index is 13.1. The zero-order valence-electron chi connectivity index (χ0n) is 15.1. The lowest BCUT2D eigenvalue weighted by molar-refractivity contribution is -0.121. The fourth-order valence-corrected chi connectivity index (χ4v) is 3.57. The van der Waals surface area contributed by atoms with Crippen LogP contribution >= 0.6 is 0 Å². The van der Waals surface area contributed by atoms with Crippen LogP contribution < -0.4 is 10.1 Å². The quantitative estimate of drug-likeness (QED) is 0.775. The monoisotopic (exact) mass is 337 g/mol. The minimum absolute atomic E-state index is 0.104. The lowest BCUT2D eigenvalue weighted by Crippen LogP contribution is -2.37. The largest absolute Gasteiger partial charge is 0.491 e. The van der Waals surface area contributed by atoms with Crippen molar-refractivity contribution >= 4 is 11.6 Å². The molecule has 132 valence electrons. The highest BCUT2D eigenvalue weighted by Gasteiger charge is 2.42. The summed E-state index contributed by atoms with van der Waals surface area (Å²) in [6, 6.07) is 17.9. The minimum Gasteiger partial charge on any atom is -0.491 e. The molecule has 1 N–H and O–H groups in total. The van der Waals surface area contributed by atoms with Crippen LogP contribution in [0.15, 0.2) is 54.6 Å². The number of carbonyl (C=O) groups is 1. The summed E-state index contributed by atoms with van der Waals surface area (Å²) in [4.78, 5) is 13.1. The molecule has 1 fully saturated rings. The first kappa shape index (κ1) is 17.5. The Kier molecular flexibility index (Phi) is 5.42. The summed E-state index contributed by atoms with van der Waals surface area (Å²) in [6.07, 6.45) is 5.20. The van der Waals surface area contributed by atoms with Gasteiger partial charge < -0.3 is 10.1 Å². The number of hydrogen-bond acceptors (Lipinski definition) is 2. The van der Waals surface area contributed by atoms with Crippen molar-refractivity contribution in [3.8, 4) is 5.75 Å². The first-order valence-corrected chi connectivity index (χ1v) is 9.28. The number of nitrogens with one attached hydrogen (secondary N) is 1. The third-order valence-corrected chi connectivity index (χ3v) is 5.24. The SMILES string of the molecule is CCC(C)Oc1ccc(NC(=O)C2(c3ccccc3)CCCC2)cc1. The molecule has 1 unspecified atom stereocenters. The molecular formula is C22H27NO2. The van der Waals surface area contributed by atoms with Gasteiger partial charge >= 0.3 is 0 Å². The zero-order valence-corrected chi connectivity index (χ0v) is 15.1. The fourth-order valence-electron chi connectivity index (χ4n) is 3.57. The Morgan fingerprint density at radius 3 is 2.32 bits per heavy atom. The van der Waals surface area contributed by atoms with Crippen molar-refractivity contribution in [3.05, 3.63) is 60.2 Å². The van der Waals surface area contributed by atoms with Gasteiger partial charge in [-0.25, -0.2) is 0 Å². The molecule has 0 bridgehead atoms. The maximum atomic E-state index is 13.1. The highest BCUT2D eigenvalue weighted by Crippen LogP contribution is 2.42. The van der Waals surface area contributed by atoms with E-state index in [4.69, 9.17) is 4.74 Å². The summed E-state index contributed by atoms with van der Waals surface area (Å²) in [5.41, 5.74) is 1.55. The van der Waals surface area contributed by atoms with E-state index in [9.17, 15) is 4.79 Å². The number of hydrogen-bond donors (Lipinski definition) is 1. The van der Waals surface area contributed by atoms with Crippen LogP contribution in [0.5, 0.6) is 5.75 Å². The van der Waals surface area contributed by atoms with Crippen molar-refractivity contribution in [2.24, 2.45) is 0 Å². The average molecular weight is 337 g/mol. The number of benzene rings is 2. The van der Waals surface area contributed by atoms with Gasteiger partial charge in [-0.3, -0.25) is 4.79 Å². The van der Waals surface area contributed by atoms with E-state index in [0.29, 0.717) is 0 Å². The second-order valence-electron chi connectivity index (χ2n) is 6.97. The summed E-state index contributed by atoms with van der Waals surface area (Å²) in [6.45, 7) is 4.16. The number of amides is 1. The molecule has 1 atom stereocenters. The van der Waals surface area contributed by atoms with Crippen LogP contribution in [0.4, 0.5) is 5.69 Å². The molecule has 0 spiro atoms. The lowest BCUT2D eigenvalue weighted by atomic mass is 9.78.